The van der Waals surface area contributed by atoms with E-state index in [1.54, 1.807) is 0 Å². The Morgan fingerprint density at radius 3 is 3.10 bits per heavy atom. The molecular weight excluding hydrogens is 120 g/mol. The molecule has 1 unspecified atom stereocenters. The normalized spacial score (nSPS) is 22.2. The van der Waals surface area contributed by atoms with Crippen molar-refractivity contribution in [2.24, 2.45) is 5.92 Å². The molecule has 10 heavy (non-hydrogen) atoms. The molecule has 0 bridgehead atoms. The second-order valence-electron chi connectivity index (χ2n) is 2.45. The zero-order valence-corrected chi connectivity index (χ0v) is 6.09. The molecule has 0 heteroatoms. The predicted octanol–water partition coefficient (Wildman–Crippen LogP) is 2.85. The molecule has 0 amide bonds. The average Bonchev–Trinajstić information content (AvgIpc) is 2.03. The largest absolute Gasteiger partial charge is 0.133 e. The Morgan fingerprint density at radius 2 is 2.50 bits per heavy atom. The van der Waals surface area contributed by atoms with E-state index in [0.29, 0.717) is 5.92 Å². The van der Waals surface area contributed by atoms with E-state index < -0.39 is 0 Å². The Bertz CT molecular complexity index is 190. The maximum Gasteiger partial charge on any atom is -0.0155 e. The van der Waals surface area contributed by atoms with E-state index in [2.05, 4.69) is 36.6 Å². The fraction of sp³-hybridized carbons (Fsp3) is 0.300. The van der Waals surface area contributed by atoms with Crippen LogP contribution < -0.4 is 0 Å². The van der Waals surface area contributed by atoms with Crippen LogP contribution >= 0.6 is 0 Å². The fourth-order valence-corrected chi connectivity index (χ4v) is 1.04. The van der Waals surface area contributed by atoms with Gasteiger partial charge in [0, 0.05) is 0 Å². The Kier molecular flexibility index (Phi) is 2.79. The molecule has 0 nitrogen and oxygen atoms in total. The third-order valence-electron chi connectivity index (χ3n) is 1.63. The maximum absolute atomic E-state index is 3.52. The van der Waals surface area contributed by atoms with Crippen molar-refractivity contribution < 1.29 is 0 Å². The van der Waals surface area contributed by atoms with Crippen LogP contribution in [0.4, 0.5) is 0 Å². The van der Waals surface area contributed by atoms with Crippen molar-refractivity contribution in [1.82, 2.24) is 0 Å². The first-order valence-corrected chi connectivity index (χ1v) is 3.61. The Morgan fingerprint density at radius 1 is 1.60 bits per heavy atom. The summed E-state index contributed by atoms with van der Waals surface area (Å²) >= 11 is 0. The van der Waals surface area contributed by atoms with Gasteiger partial charge in [-0.1, -0.05) is 30.9 Å². The molecule has 52 valence electrons. The number of hydrogen-bond acceptors (Lipinski definition) is 0. The van der Waals surface area contributed by atoms with Crippen molar-refractivity contribution in [1.29, 1.82) is 0 Å². The zero-order chi connectivity index (χ0) is 7.23. The van der Waals surface area contributed by atoms with Crippen molar-refractivity contribution >= 4 is 0 Å². The number of hydrogen-bond donors (Lipinski definition) is 0. The fourth-order valence-electron chi connectivity index (χ4n) is 1.04. The molecule has 0 radical (unpaired) electrons. The van der Waals surface area contributed by atoms with E-state index in [4.69, 9.17) is 0 Å². The topological polar surface area (TPSA) is 0 Å². The molecule has 0 heterocycles. The lowest BCUT2D eigenvalue weighted by molar-refractivity contribution is 0.669. The summed E-state index contributed by atoms with van der Waals surface area (Å²) in [5, 5.41) is 0. The quantitative estimate of drug-likeness (QED) is 0.507. The van der Waals surface area contributed by atoms with Crippen LogP contribution in [0.3, 0.4) is 0 Å². The SMILES string of the molecule is C=C=CCC1C=CC=CC1. The van der Waals surface area contributed by atoms with E-state index >= 15 is 0 Å². The van der Waals surface area contributed by atoms with E-state index in [1.807, 2.05) is 6.08 Å². The minimum atomic E-state index is 0.680. The van der Waals surface area contributed by atoms with Crippen molar-refractivity contribution in [2.45, 2.75) is 12.8 Å². The summed E-state index contributed by atoms with van der Waals surface area (Å²) in [5.41, 5.74) is 2.78. The predicted molar refractivity (Wildman–Crippen MR) is 44.7 cm³/mol. The summed E-state index contributed by atoms with van der Waals surface area (Å²) < 4.78 is 0. The van der Waals surface area contributed by atoms with Crippen molar-refractivity contribution in [3.05, 3.63) is 42.7 Å². The molecular formula is C10H12. The summed E-state index contributed by atoms with van der Waals surface area (Å²) in [6, 6.07) is 0. The van der Waals surface area contributed by atoms with Crippen molar-refractivity contribution in [3.63, 3.8) is 0 Å². The van der Waals surface area contributed by atoms with E-state index in [1.165, 1.54) is 0 Å². The van der Waals surface area contributed by atoms with Gasteiger partial charge in [0.05, 0.1) is 0 Å². The van der Waals surface area contributed by atoms with Gasteiger partial charge in [-0.05, 0) is 24.8 Å². The monoisotopic (exact) mass is 132 g/mol. The molecule has 1 aliphatic rings. The molecule has 0 fully saturated rings. The molecule has 0 aliphatic heterocycles. The highest BCUT2D eigenvalue weighted by atomic mass is 14.1. The molecule has 0 saturated heterocycles. The molecule has 0 aromatic rings. The summed E-state index contributed by atoms with van der Waals surface area (Å²) in [5.74, 6) is 0.680. The highest BCUT2D eigenvalue weighted by Crippen LogP contribution is 2.15. The summed E-state index contributed by atoms with van der Waals surface area (Å²) in [6.45, 7) is 3.52. The summed E-state index contributed by atoms with van der Waals surface area (Å²) in [6.07, 6.45) is 12.8. The smallest absolute Gasteiger partial charge is 0.0155 e. The number of allylic oxidation sites excluding steroid dienone is 5. The first-order chi connectivity index (χ1) is 4.93. The van der Waals surface area contributed by atoms with Gasteiger partial charge < -0.3 is 0 Å². The van der Waals surface area contributed by atoms with Crippen LogP contribution in [0.25, 0.3) is 0 Å². The van der Waals surface area contributed by atoms with Crippen LogP contribution in [-0.2, 0) is 0 Å². The molecule has 0 aromatic carbocycles. The first kappa shape index (κ1) is 7.11. The third-order valence-corrected chi connectivity index (χ3v) is 1.63. The van der Waals surface area contributed by atoms with Gasteiger partial charge in [-0.15, -0.1) is 5.73 Å². The lowest BCUT2D eigenvalue weighted by Crippen LogP contribution is -1.94. The standard InChI is InChI=1S/C10H12/c1-2-3-7-10-8-5-4-6-9-10/h3-6,8,10H,1,7,9H2. The van der Waals surface area contributed by atoms with Crippen LogP contribution in [0.1, 0.15) is 12.8 Å². The second kappa shape index (κ2) is 3.92. The van der Waals surface area contributed by atoms with E-state index in [-0.39, 0.29) is 0 Å². The Balaban J connectivity index is 2.36. The molecule has 1 aliphatic carbocycles. The van der Waals surface area contributed by atoms with Crippen LogP contribution in [0.5, 0.6) is 0 Å². The molecule has 1 atom stereocenters. The van der Waals surface area contributed by atoms with Gasteiger partial charge in [0.15, 0.2) is 0 Å². The van der Waals surface area contributed by atoms with Crippen molar-refractivity contribution in [3.8, 4) is 0 Å². The van der Waals surface area contributed by atoms with Crippen LogP contribution in [0.2, 0.25) is 0 Å². The average molecular weight is 132 g/mol. The van der Waals surface area contributed by atoms with Gasteiger partial charge in [0.25, 0.3) is 0 Å². The Hall–Kier alpha value is -1.00. The zero-order valence-electron chi connectivity index (χ0n) is 6.09. The molecule has 0 spiro atoms. The highest BCUT2D eigenvalue weighted by Gasteiger charge is 2.00. The van der Waals surface area contributed by atoms with Gasteiger partial charge in [-0.3, -0.25) is 0 Å². The third kappa shape index (κ3) is 2.08. The first-order valence-electron chi connectivity index (χ1n) is 3.61. The van der Waals surface area contributed by atoms with Gasteiger partial charge >= 0.3 is 0 Å². The van der Waals surface area contributed by atoms with Crippen LogP contribution in [-0.4, -0.2) is 0 Å². The molecule has 0 saturated carbocycles. The lowest BCUT2D eigenvalue weighted by Gasteiger charge is -2.08. The van der Waals surface area contributed by atoms with Crippen LogP contribution in [0.15, 0.2) is 42.7 Å². The number of rotatable bonds is 2. The minimum Gasteiger partial charge on any atom is -0.133 e. The van der Waals surface area contributed by atoms with E-state index in [0.717, 1.165) is 12.8 Å². The van der Waals surface area contributed by atoms with Crippen molar-refractivity contribution in [2.75, 3.05) is 0 Å². The van der Waals surface area contributed by atoms with Crippen LogP contribution in [0, 0.1) is 5.92 Å². The lowest BCUT2D eigenvalue weighted by atomic mass is 9.97. The van der Waals surface area contributed by atoms with Gasteiger partial charge in [0.1, 0.15) is 0 Å². The minimum absolute atomic E-state index is 0.680. The molecule has 0 N–H and O–H groups in total. The Labute approximate surface area is 62.3 Å². The van der Waals surface area contributed by atoms with E-state index in [9.17, 15) is 0 Å². The molecule has 1 rings (SSSR count). The highest BCUT2D eigenvalue weighted by molar-refractivity contribution is 5.11. The maximum atomic E-state index is 3.52. The van der Waals surface area contributed by atoms with Gasteiger partial charge in [-0.25, -0.2) is 0 Å². The second-order valence-corrected chi connectivity index (χ2v) is 2.45. The van der Waals surface area contributed by atoms with Gasteiger partial charge in [-0.2, -0.15) is 0 Å². The summed E-state index contributed by atoms with van der Waals surface area (Å²) in [7, 11) is 0. The van der Waals surface area contributed by atoms with Gasteiger partial charge in [0.2, 0.25) is 0 Å². The molecule has 0 aromatic heterocycles. The summed E-state index contributed by atoms with van der Waals surface area (Å²) in [4.78, 5) is 0.